The van der Waals surface area contributed by atoms with E-state index < -0.39 is 24.0 Å². The Balaban J connectivity index is 1.87. The second-order valence-corrected chi connectivity index (χ2v) is 5.76. The normalized spacial score (nSPS) is 16.8. The summed E-state index contributed by atoms with van der Waals surface area (Å²) in [5, 5.41) is 6.17. The van der Waals surface area contributed by atoms with Crippen LogP contribution in [0.2, 0.25) is 5.15 Å². The number of rotatable bonds is 3. The number of fused-ring (bicyclic) bond motifs is 1. The molecule has 1 unspecified atom stereocenters. The minimum absolute atomic E-state index is 0.118. The van der Waals surface area contributed by atoms with Crippen LogP contribution in [0.3, 0.4) is 0 Å². The van der Waals surface area contributed by atoms with Crippen molar-refractivity contribution in [3.05, 3.63) is 28.7 Å². The van der Waals surface area contributed by atoms with E-state index in [2.05, 4.69) is 10.1 Å². The summed E-state index contributed by atoms with van der Waals surface area (Å²) < 4.78 is 40.1. The van der Waals surface area contributed by atoms with Crippen LogP contribution >= 0.6 is 11.6 Å². The van der Waals surface area contributed by atoms with Crippen LogP contribution in [0.25, 0.3) is 5.65 Å². The van der Waals surface area contributed by atoms with Gasteiger partial charge in [-0.3, -0.25) is 4.79 Å². The van der Waals surface area contributed by atoms with E-state index in [9.17, 15) is 18.0 Å². The lowest BCUT2D eigenvalue weighted by atomic mass is 10.1. The van der Waals surface area contributed by atoms with Crippen molar-refractivity contribution in [3.8, 4) is 0 Å². The average molecular weight is 333 g/mol. The highest BCUT2D eigenvalue weighted by Crippen LogP contribution is 2.40. The maximum Gasteiger partial charge on any atom is 0.408 e. The van der Waals surface area contributed by atoms with Crippen molar-refractivity contribution in [2.24, 2.45) is 5.92 Å². The Bertz CT molecular complexity index is 739. The first-order chi connectivity index (χ1) is 10.3. The predicted molar refractivity (Wildman–Crippen MR) is 72.8 cm³/mol. The molecule has 1 aliphatic rings. The highest BCUT2D eigenvalue weighted by atomic mass is 35.5. The highest BCUT2D eigenvalue weighted by Gasteiger charge is 2.49. The number of hydrogen-bond donors (Lipinski definition) is 1. The number of nitrogens with one attached hydrogen (secondary N) is 1. The SMILES string of the molecule is Cc1cc(Cl)nn2cc(C(=O)NC(C3CC3)C(F)(F)F)nc12. The van der Waals surface area contributed by atoms with Gasteiger partial charge in [0, 0.05) is 0 Å². The summed E-state index contributed by atoms with van der Waals surface area (Å²) in [7, 11) is 0. The maximum absolute atomic E-state index is 12.9. The molecule has 2 heterocycles. The lowest BCUT2D eigenvalue weighted by Gasteiger charge is -2.20. The van der Waals surface area contributed by atoms with Crippen molar-refractivity contribution in [2.75, 3.05) is 0 Å². The van der Waals surface area contributed by atoms with Crippen LogP contribution < -0.4 is 5.32 Å². The van der Waals surface area contributed by atoms with Gasteiger partial charge in [0.15, 0.2) is 5.65 Å². The summed E-state index contributed by atoms with van der Waals surface area (Å²) in [6, 6.07) is -0.267. The molecule has 1 amide bonds. The Kier molecular flexibility index (Phi) is 3.51. The second-order valence-electron chi connectivity index (χ2n) is 5.37. The zero-order chi connectivity index (χ0) is 16.1. The molecule has 9 heteroatoms. The molecule has 1 fully saturated rings. The number of hydrogen-bond acceptors (Lipinski definition) is 3. The first-order valence-electron chi connectivity index (χ1n) is 6.66. The lowest BCUT2D eigenvalue weighted by molar-refractivity contribution is -0.158. The number of nitrogens with zero attached hydrogens (tertiary/aromatic N) is 3. The van der Waals surface area contributed by atoms with Gasteiger partial charge in [-0.15, -0.1) is 0 Å². The van der Waals surface area contributed by atoms with Crippen molar-refractivity contribution < 1.29 is 18.0 Å². The minimum atomic E-state index is -4.46. The third-order valence-corrected chi connectivity index (χ3v) is 3.73. The van der Waals surface area contributed by atoms with E-state index in [1.807, 2.05) is 5.32 Å². The molecule has 1 saturated carbocycles. The summed E-state index contributed by atoms with van der Waals surface area (Å²) in [5.74, 6) is -1.41. The third-order valence-electron chi connectivity index (χ3n) is 3.54. The number of halogens is 4. The fraction of sp³-hybridized carbons (Fsp3) is 0.462. The maximum atomic E-state index is 12.9. The number of aromatic nitrogens is 3. The molecule has 118 valence electrons. The van der Waals surface area contributed by atoms with E-state index in [-0.39, 0.29) is 10.8 Å². The van der Waals surface area contributed by atoms with E-state index in [0.29, 0.717) is 24.1 Å². The van der Waals surface area contributed by atoms with E-state index in [1.165, 1.54) is 10.7 Å². The predicted octanol–water partition coefficient (Wildman–Crippen LogP) is 2.76. The molecular weight excluding hydrogens is 321 g/mol. The van der Waals surface area contributed by atoms with Gasteiger partial charge in [0.2, 0.25) is 0 Å². The summed E-state index contributed by atoms with van der Waals surface area (Å²) >= 11 is 5.80. The van der Waals surface area contributed by atoms with Crippen LogP contribution in [0.4, 0.5) is 13.2 Å². The molecule has 22 heavy (non-hydrogen) atoms. The quantitative estimate of drug-likeness (QED) is 0.940. The van der Waals surface area contributed by atoms with Crippen molar-refractivity contribution in [1.29, 1.82) is 0 Å². The molecule has 0 spiro atoms. The molecule has 1 N–H and O–H groups in total. The Labute approximate surface area is 128 Å². The fourth-order valence-corrected chi connectivity index (χ4v) is 2.56. The summed E-state index contributed by atoms with van der Waals surface area (Å²) in [6.07, 6.45) is -2.27. The Morgan fingerprint density at radius 3 is 2.77 bits per heavy atom. The van der Waals surface area contributed by atoms with Crippen LogP contribution in [0.15, 0.2) is 12.3 Å². The summed E-state index contributed by atoms with van der Waals surface area (Å²) in [4.78, 5) is 16.1. The van der Waals surface area contributed by atoms with Gasteiger partial charge in [0.1, 0.15) is 16.9 Å². The van der Waals surface area contributed by atoms with Gasteiger partial charge in [-0.1, -0.05) is 11.6 Å². The average Bonchev–Trinajstić information content (AvgIpc) is 3.13. The number of imidazole rings is 1. The van der Waals surface area contributed by atoms with Gasteiger partial charge in [-0.2, -0.15) is 18.3 Å². The van der Waals surface area contributed by atoms with Gasteiger partial charge in [-0.05, 0) is 37.3 Å². The molecule has 1 atom stereocenters. The van der Waals surface area contributed by atoms with Crippen LogP contribution in [-0.2, 0) is 0 Å². The molecule has 0 saturated heterocycles. The molecule has 0 aromatic carbocycles. The smallest absolute Gasteiger partial charge is 0.339 e. The largest absolute Gasteiger partial charge is 0.408 e. The molecule has 2 aromatic rings. The first-order valence-corrected chi connectivity index (χ1v) is 7.03. The molecule has 1 aliphatic carbocycles. The number of aryl methyl sites for hydroxylation is 1. The van der Waals surface area contributed by atoms with Crippen LogP contribution in [0, 0.1) is 12.8 Å². The van der Waals surface area contributed by atoms with E-state index in [4.69, 9.17) is 11.6 Å². The molecule has 2 aromatic heterocycles. The van der Waals surface area contributed by atoms with Gasteiger partial charge in [0.05, 0.1) is 6.20 Å². The Morgan fingerprint density at radius 1 is 1.50 bits per heavy atom. The molecule has 3 rings (SSSR count). The zero-order valence-electron chi connectivity index (χ0n) is 11.5. The van der Waals surface area contributed by atoms with Crippen molar-refractivity contribution >= 4 is 23.2 Å². The first kappa shape index (κ1) is 15.1. The lowest BCUT2D eigenvalue weighted by Crippen LogP contribution is -2.47. The molecule has 5 nitrogen and oxygen atoms in total. The number of alkyl halides is 3. The van der Waals surface area contributed by atoms with Crippen LogP contribution in [0.5, 0.6) is 0 Å². The highest BCUT2D eigenvalue weighted by molar-refractivity contribution is 6.29. The topological polar surface area (TPSA) is 59.3 Å². The van der Waals surface area contributed by atoms with E-state index >= 15 is 0 Å². The molecule has 0 radical (unpaired) electrons. The zero-order valence-corrected chi connectivity index (χ0v) is 12.2. The van der Waals surface area contributed by atoms with Crippen LogP contribution in [-0.4, -0.2) is 32.7 Å². The fourth-order valence-electron chi connectivity index (χ4n) is 2.31. The second kappa shape index (κ2) is 5.12. The third kappa shape index (κ3) is 2.87. The number of carbonyl (C=O) groups is 1. The van der Waals surface area contributed by atoms with Gasteiger partial charge >= 0.3 is 6.18 Å². The van der Waals surface area contributed by atoms with Crippen molar-refractivity contribution in [3.63, 3.8) is 0 Å². The molecular formula is C13H12ClF3N4O. The summed E-state index contributed by atoms with van der Waals surface area (Å²) in [6.45, 7) is 1.72. The minimum Gasteiger partial charge on any atom is -0.339 e. The van der Waals surface area contributed by atoms with Crippen LogP contribution in [0.1, 0.15) is 28.9 Å². The van der Waals surface area contributed by atoms with Crippen molar-refractivity contribution in [2.45, 2.75) is 32.0 Å². The molecule has 0 bridgehead atoms. The molecule has 0 aliphatic heterocycles. The standard InChI is InChI=1S/C13H12ClF3N4O/c1-6-4-9(14)20-21-5-8(18-11(6)21)12(22)19-10(7-2-3-7)13(15,16)17/h4-5,7,10H,2-3H2,1H3,(H,19,22). The van der Waals surface area contributed by atoms with Gasteiger partial charge in [-0.25, -0.2) is 9.50 Å². The summed E-state index contributed by atoms with van der Waals surface area (Å²) in [5.41, 5.74) is 0.936. The Hall–Kier alpha value is -1.83. The number of amides is 1. The van der Waals surface area contributed by atoms with Gasteiger partial charge in [0.25, 0.3) is 5.91 Å². The van der Waals surface area contributed by atoms with Gasteiger partial charge < -0.3 is 5.32 Å². The Morgan fingerprint density at radius 2 is 2.18 bits per heavy atom. The van der Waals surface area contributed by atoms with Crippen molar-refractivity contribution in [1.82, 2.24) is 19.9 Å². The van der Waals surface area contributed by atoms with E-state index in [0.717, 1.165) is 0 Å². The monoisotopic (exact) mass is 332 g/mol. The van der Waals surface area contributed by atoms with E-state index in [1.54, 1.807) is 13.0 Å². The number of carbonyl (C=O) groups excluding carboxylic acids is 1.